The standard InChI is InChI=1S/C21H19ClN2O3/c1-26-18-6-3-11(9-19(18)27-2)12-7-16-20(17(25)8-12)21(23)14-10-13(22)4-5-15(14)24-16/h3-6,9-10,12H,7-8H2,1-2H3,(H2,23,24). The number of methoxy groups -OCH3 is 2. The quantitative estimate of drug-likeness (QED) is 0.726. The molecule has 2 aromatic carbocycles. The maximum absolute atomic E-state index is 12.9. The van der Waals surface area contributed by atoms with E-state index in [1.807, 2.05) is 24.3 Å². The van der Waals surface area contributed by atoms with Gasteiger partial charge in [-0.25, -0.2) is 0 Å². The molecule has 5 nitrogen and oxygen atoms in total. The van der Waals surface area contributed by atoms with Crippen molar-refractivity contribution in [3.05, 3.63) is 58.2 Å². The minimum Gasteiger partial charge on any atom is -0.493 e. The summed E-state index contributed by atoms with van der Waals surface area (Å²) < 4.78 is 10.7. The van der Waals surface area contributed by atoms with Gasteiger partial charge in [0.15, 0.2) is 17.3 Å². The van der Waals surface area contributed by atoms with Crippen LogP contribution in [-0.4, -0.2) is 25.0 Å². The van der Waals surface area contributed by atoms with Gasteiger partial charge in [-0.05, 0) is 48.2 Å². The second kappa shape index (κ2) is 6.74. The van der Waals surface area contributed by atoms with Gasteiger partial charge in [0.2, 0.25) is 0 Å². The summed E-state index contributed by atoms with van der Waals surface area (Å²) in [6.45, 7) is 0. The number of hydrogen-bond acceptors (Lipinski definition) is 5. The lowest BCUT2D eigenvalue weighted by Crippen LogP contribution is -2.22. The zero-order valence-electron chi connectivity index (χ0n) is 15.1. The van der Waals surface area contributed by atoms with E-state index in [9.17, 15) is 4.79 Å². The van der Waals surface area contributed by atoms with Gasteiger partial charge >= 0.3 is 0 Å². The van der Waals surface area contributed by atoms with Crippen LogP contribution in [0.5, 0.6) is 11.5 Å². The molecule has 2 N–H and O–H groups in total. The van der Waals surface area contributed by atoms with E-state index in [0.717, 1.165) is 22.2 Å². The zero-order chi connectivity index (χ0) is 19.1. The van der Waals surface area contributed by atoms with Gasteiger partial charge < -0.3 is 15.2 Å². The maximum atomic E-state index is 12.9. The number of fused-ring (bicyclic) bond motifs is 2. The van der Waals surface area contributed by atoms with Crippen molar-refractivity contribution in [3.63, 3.8) is 0 Å². The van der Waals surface area contributed by atoms with E-state index in [-0.39, 0.29) is 11.7 Å². The molecule has 0 fully saturated rings. The predicted molar refractivity (Wildman–Crippen MR) is 106 cm³/mol. The average Bonchev–Trinajstić information content (AvgIpc) is 2.67. The number of Topliss-reactive ketones (excluding diaryl/α,β-unsaturated/α-hetero) is 1. The fraction of sp³-hybridized carbons (Fsp3) is 0.238. The number of ketones is 1. The summed E-state index contributed by atoms with van der Waals surface area (Å²) >= 11 is 6.08. The van der Waals surface area contributed by atoms with Gasteiger partial charge in [-0.15, -0.1) is 0 Å². The van der Waals surface area contributed by atoms with Crippen molar-refractivity contribution >= 4 is 34.0 Å². The number of anilines is 1. The number of benzene rings is 2. The number of carbonyl (C=O) groups excluding carboxylic acids is 1. The van der Waals surface area contributed by atoms with Crippen LogP contribution in [0.15, 0.2) is 36.4 Å². The summed E-state index contributed by atoms with van der Waals surface area (Å²) in [4.78, 5) is 17.6. The minimum atomic E-state index is 0.00269. The summed E-state index contributed by atoms with van der Waals surface area (Å²) in [7, 11) is 3.20. The first-order valence-corrected chi connectivity index (χ1v) is 9.02. The molecule has 0 aliphatic heterocycles. The highest BCUT2D eigenvalue weighted by Crippen LogP contribution is 2.39. The molecule has 0 bridgehead atoms. The molecule has 138 valence electrons. The maximum Gasteiger partial charge on any atom is 0.167 e. The van der Waals surface area contributed by atoms with Crippen LogP contribution in [-0.2, 0) is 6.42 Å². The number of nitrogen functional groups attached to an aromatic ring is 1. The first-order chi connectivity index (χ1) is 13.0. The van der Waals surface area contributed by atoms with Crippen molar-refractivity contribution < 1.29 is 14.3 Å². The van der Waals surface area contributed by atoms with E-state index in [1.165, 1.54) is 0 Å². The SMILES string of the molecule is COc1ccc(C2CC(=O)c3c(nc4ccc(Cl)cc4c3N)C2)cc1OC. The Hall–Kier alpha value is -2.79. The molecule has 1 aromatic heterocycles. The lowest BCUT2D eigenvalue weighted by molar-refractivity contribution is 0.0964. The highest BCUT2D eigenvalue weighted by atomic mass is 35.5. The van der Waals surface area contributed by atoms with Crippen LogP contribution in [0, 0.1) is 0 Å². The number of nitrogens with two attached hydrogens (primary N) is 1. The van der Waals surface area contributed by atoms with Gasteiger partial charge in [-0.1, -0.05) is 17.7 Å². The Balaban J connectivity index is 1.78. The fourth-order valence-corrected chi connectivity index (χ4v) is 3.92. The number of aromatic nitrogens is 1. The van der Waals surface area contributed by atoms with Crippen LogP contribution in [0.2, 0.25) is 5.02 Å². The molecule has 0 spiro atoms. The third-order valence-corrected chi connectivity index (χ3v) is 5.33. The molecule has 3 aromatic rings. The topological polar surface area (TPSA) is 74.4 Å². The lowest BCUT2D eigenvalue weighted by atomic mass is 9.80. The second-order valence-electron chi connectivity index (χ2n) is 6.65. The molecule has 27 heavy (non-hydrogen) atoms. The van der Waals surface area contributed by atoms with Crippen LogP contribution in [0.1, 0.15) is 34.0 Å². The Kier molecular flexibility index (Phi) is 4.40. The Morgan fingerprint density at radius 2 is 1.85 bits per heavy atom. The number of hydrogen-bond donors (Lipinski definition) is 1. The third kappa shape index (κ3) is 2.98. The largest absolute Gasteiger partial charge is 0.493 e. The van der Waals surface area contributed by atoms with Gasteiger partial charge in [-0.2, -0.15) is 0 Å². The molecule has 6 heteroatoms. The van der Waals surface area contributed by atoms with Crippen molar-refractivity contribution in [1.29, 1.82) is 0 Å². The molecular formula is C21H19ClN2O3. The molecule has 1 atom stereocenters. The highest BCUT2D eigenvalue weighted by molar-refractivity contribution is 6.31. The van der Waals surface area contributed by atoms with Crippen LogP contribution < -0.4 is 15.2 Å². The molecule has 0 amide bonds. The Morgan fingerprint density at radius 1 is 1.07 bits per heavy atom. The average molecular weight is 383 g/mol. The minimum absolute atomic E-state index is 0.00269. The third-order valence-electron chi connectivity index (χ3n) is 5.09. The van der Waals surface area contributed by atoms with E-state index in [0.29, 0.717) is 40.6 Å². The highest BCUT2D eigenvalue weighted by Gasteiger charge is 2.30. The summed E-state index contributed by atoms with van der Waals surface area (Å²) in [5, 5.41) is 1.29. The molecular weight excluding hydrogens is 364 g/mol. The van der Waals surface area contributed by atoms with Crippen LogP contribution in [0.3, 0.4) is 0 Å². The smallest absolute Gasteiger partial charge is 0.167 e. The van der Waals surface area contributed by atoms with Gasteiger partial charge in [0.05, 0.1) is 36.7 Å². The van der Waals surface area contributed by atoms with Crippen molar-refractivity contribution in [2.24, 2.45) is 0 Å². The molecule has 0 saturated heterocycles. The number of carbonyl (C=O) groups is 1. The normalized spacial score (nSPS) is 16.3. The molecule has 0 radical (unpaired) electrons. The summed E-state index contributed by atoms with van der Waals surface area (Å²) in [6, 6.07) is 11.1. The molecule has 0 saturated carbocycles. The Bertz CT molecular complexity index is 1060. The van der Waals surface area contributed by atoms with Gasteiger partial charge in [0.1, 0.15) is 0 Å². The van der Waals surface area contributed by atoms with E-state index in [2.05, 4.69) is 0 Å². The van der Waals surface area contributed by atoms with Gasteiger partial charge in [-0.3, -0.25) is 9.78 Å². The first-order valence-electron chi connectivity index (χ1n) is 8.64. The number of pyridine rings is 1. The van der Waals surface area contributed by atoms with E-state index in [1.54, 1.807) is 26.4 Å². The Labute approximate surface area is 162 Å². The number of nitrogens with zero attached hydrogens (tertiary/aromatic N) is 1. The van der Waals surface area contributed by atoms with E-state index in [4.69, 9.17) is 31.8 Å². The van der Waals surface area contributed by atoms with E-state index < -0.39 is 0 Å². The van der Waals surface area contributed by atoms with E-state index >= 15 is 0 Å². The summed E-state index contributed by atoms with van der Waals surface area (Å²) in [5.41, 5.74) is 9.80. The monoisotopic (exact) mass is 382 g/mol. The molecule has 1 unspecified atom stereocenters. The van der Waals surface area contributed by atoms with Crippen LogP contribution in [0.4, 0.5) is 5.69 Å². The van der Waals surface area contributed by atoms with Crippen molar-refractivity contribution in [3.8, 4) is 11.5 Å². The summed E-state index contributed by atoms with van der Waals surface area (Å²) in [5.74, 6) is 1.33. The van der Waals surface area contributed by atoms with Crippen LogP contribution in [0.25, 0.3) is 10.9 Å². The second-order valence-corrected chi connectivity index (χ2v) is 7.09. The van der Waals surface area contributed by atoms with Crippen molar-refractivity contribution in [2.75, 3.05) is 20.0 Å². The fourth-order valence-electron chi connectivity index (χ4n) is 3.75. The summed E-state index contributed by atoms with van der Waals surface area (Å²) in [6.07, 6.45) is 1.01. The van der Waals surface area contributed by atoms with Gasteiger partial charge in [0.25, 0.3) is 0 Å². The molecule has 1 aliphatic carbocycles. The number of rotatable bonds is 3. The van der Waals surface area contributed by atoms with Crippen molar-refractivity contribution in [1.82, 2.24) is 4.98 Å². The molecule has 1 heterocycles. The first kappa shape index (κ1) is 17.6. The number of ether oxygens (including phenoxy) is 2. The molecule has 1 aliphatic rings. The van der Waals surface area contributed by atoms with Gasteiger partial charge in [0, 0.05) is 16.8 Å². The van der Waals surface area contributed by atoms with Crippen molar-refractivity contribution in [2.45, 2.75) is 18.8 Å². The zero-order valence-corrected chi connectivity index (χ0v) is 15.8. The Morgan fingerprint density at radius 3 is 2.59 bits per heavy atom. The molecule has 4 rings (SSSR count). The van der Waals surface area contributed by atoms with Crippen LogP contribution >= 0.6 is 11.6 Å². The number of halogens is 1. The lowest BCUT2D eigenvalue weighted by Gasteiger charge is -2.25. The predicted octanol–water partition coefficient (Wildman–Crippen LogP) is 4.40.